The lowest BCUT2D eigenvalue weighted by molar-refractivity contribution is 0.592. The highest BCUT2D eigenvalue weighted by atomic mass is 32.2. The summed E-state index contributed by atoms with van der Waals surface area (Å²) in [6, 6.07) is 15.7. The molecule has 4 nitrogen and oxygen atoms in total. The van der Waals surface area contributed by atoms with Gasteiger partial charge in [-0.25, -0.2) is 16.8 Å². The van der Waals surface area contributed by atoms with Gasteiger partial charge in [0.05, 0.1) is 19.6 Å². The highest BCUT2D eigenvalue weighted by molar-refractivity contribution is 7.92. The molecular weight excluding hydrogens is 392 g/mol. The molecule has 0 amide bonds. The van der Waals surface area contributed by atoms with Gasteiger partial charge in [0.2, 0.25) is 19.7 Å². The Balaban J connectivity index is 2.03. The van der Waals surface area contributed by atoms with Crippen molar-refractivity contribution < 1.29 is 16.8 Å². The van der Waals surface area contributed by atoms with Crippen molar-refractivity contribution in [3.05, 3.63) is 82.9 Å². The van der Waals surface area contributed by atoms with Crippen LogP contribution in [0.2, 0.25) is 0 Å². The van der Waals surface area contributed by atoms with Gasteiger partial charge in [-0.15, -0.1) is 0 Å². The second-order valence-electron chi connectivity index (χ2n) is 7.13. The third kappa shape index (κ3) is 3.88. The smallest absolute Gasteiger partial charge is 0.206 e. The molecule has 0 aliphatic heterocycles. The molecule has 0 aromatic heterocycles. The average molecular weight is 415 g/mol. The molecule has 0 spiro atoms. The quantitative estimate of drug-likeness (QED) is 0.626. The molecule has 0 aliphatic rings. The SMILES string of the molecule is Cc1cc(C)cc(S(=O)(=O)c2ccc(S(=O)(=O)c3cc(C)cc(C)c3)cc2)c1. The first-order chi connectivity index (χ1) is 13.0. The third-order valence-corrected chi connectivity index (χ3v) is 7.95. The minimum atomic E-state index is -3.72. The van der Waals surface area contributed by atoms with E-state index in [9.17, 15) is 16.8 Å². The molecule has 0 aliphatic carbocycles. The van der Waals surface area contributed by atoms with Gasteiger partial charge in [-0.1, -0.05) is 12.1 Å². The van der Waals surface area contributed by atoms with Gasteiger partial charge in [0.25, 0.3) is 0 Å². The van der Waals surface area contributed by atoms with Crippen LogP contribution in [0, 0.1) is 27.7 Å². The molecule has 3 aromatic rings. The molecule has 0 atom stereocenters. The molecular formula is C22H22O4S2. The molecule has 0 N–H and O–H groups in total. The van der Waals surface area contributed by atoms with Crippen LogP contribution < -0.4 is 0 Å². The maximum atomic E-state index is 12.9. The van der Waals surface area contributed by atoms with Crippen LogP contribution in [0.25, 0.3) is 0 Å². The third-order valence-electron chi connectivity index (χ3n) is 4.46. The lowest BCUT2D eigenvalue weighted by Crippen LogP contribution is -2.06. The molecule has 0 unspecified atom stereocenters. The maximum Gasteiger partial charge on any atom is 0.206 e. The summed E-state index contributed by atoms with van der Waals surface area (Å²) in [4.78, 5) is 0.540. The van der Waals surface area contributed by atoms with E-state index in [0.29, 0.717) is 0 Å². The van der Waals surface area contributed by atoms with Crippen LogP contribution in [0.4, 0.5) is 0 Å². The standard InChI is InChI=1S/C22H22O4S2/c1-15-9-16(2)12-21(11-15)27(23,24)19-5-7-20(8-6-19)28(25,26)22-13-17(3)10-18(4)14-22/h5-14H,1-4H3. The second-order valence-corrected chi connectivity index (χ2v) is 11.0. The van der Waals surface area contributed by atoms with Crippen LogP contribution in [0.15, 0.2) is 80.2 Å². The predicted octanol–water partition coefficient (Wildman–Crippen LogP) is 4.59. The number of hydrogen-bond acceptors (Lipinski definition) is 4. The normalized spacial score (nSPS) is 12.1. The number of benzene rings is 3. The largest absolute Gasteiger partial charge is 0.219 e. The van der Waals surface area contributed by atoms with Crippen molar-refractivity contribution >= 4 is 19.7 Å². The van der Waals surface area contributed by atoms with Crippen LogP contribution in [-0.4, -0.2) is 16.8 Å². The zero-order valence-corrected chi connectivity index (χ0v) is 17.9. The van der Waals surface area contributed by atoms with E-state index >= 15 is 0 Å². The molecule has 0 saturated carbocycles. The fraction of sp³-hybridized carbons (Fsp3) is 0.182. The van der Waals surface area contributed by atoms with Crippen LogP contribution >= 0.6 is 0 Å². The Morgan fingerprint density at radius 1 is 0.429 bits per heavy atom. The summed E-state index contributed by atoms with van der Waals surface area (Å²) in [5.74, 6) is 0. The summed E-state index contributed by atoms with van der Waals surface area (Å²) in [6.07, 6.45) is 0. The van der Waals surface area contributed by atoms with Crippen molar-refractivity contribution in [1.82, 2.24) is 0 Å². The number of rotatable bonds is 4. The van der Waals surface area contributed by atoms with Crippen molar-refractivity contribution in [2.75, 3.05) is 0 Å². The van der Waals surface area contributed by atoms with E-state index < -0.39 is 19.7 Å². The Labute approximate surface area is 166 Å². The van der Waals surface area contributed by atoms with Gasteiger partial charge in [0, 0.05) is 0 Å². The number of hydrogen-bond donors (Lipinski definition) is 0. The topological polar surface area (TPSA) is 68.3 Å². The Morgan fingerprint density at radius 2 is 0.679 bits per heavy atom. The van der Waals surface area contributed by atoms with E-state index in [1.807, 2.05) is 39.8 Å². The summed E-state index contributed by atoms with van der Waals surface area (Å²) >= 11 is 0. The molecule has 146 valence electrons. The molecule has 0 bridgehead atoms. The Morgan fingerprint density at radius 3 is 0.929 bits per heavy atom. The zero-order chi connectivity index (χ0) is 20.7. The highest BCUT2D eigenvalue weighted by Crippen LogP contribution is 2.27. The fourth-order valence-corrected chi connectivity index (χ4v) is 6.14. The van der Waals surface area contributed by atoms with Crippen molar-refractivity contribution in [2.45, 2.75) is 47.3 Å². The Hall–Kier alpha value is -2.44. The lowest BCUT2D eigenvalue weighted by Gasteiger charge is -2.10. The van der Waals surface area contributed by atoms with E-state index in [1.165, 1.54) is 24.3 Å². The molecule has 6 heteroatoms. The van der Waals surface area contributed by atoms with E-state index in [0.717, 1.165) is 22.3 Å². The van der Waals surface area contributed by atoms with Crippen molar-refractivity contribution in [2.24, 2.45) is 0 Å². The summed E-state index contributed by atoms with van der Waals surface area (Å²) in [7, 11) is -7.44. The summed E-state index contributed by atoms with van der Waals surface area (Å²) in [6.45, 7) is 7.36. The average Bonchev–Trinajstić information content (AvgIpc) is 2.60. The number of aryl methyl sites for hydroxylation is 4. The van der Waals surface area contributed by atoms with E-state index in [4.69, 9.17) is 0 Å². The van der Waals surface area contributed by atoms with Crippen LogP contribution in [0.3, 0.4) is 0 Å². The first kappa shape index (κ1) is 20.3. The summed E-state index contributed by atoms with van der Waals surface area (Å²) in [5, 5.41) is 0. The second kappa shape index (κ2) is 7.18. The molecule has 3 aromatic carbocycles. The van der Waals surface area contributed by atoms with Crippen LogP contribution in [0.5, 0.6) is 0 Å². The van der Waals surface area contributed by atoms with Crippen LogP contribution in [0.1, 0.15) is 22.3 Å². The van der Waals surface area contributed by atoms with Crippen molar-refractivity contribution in [3.63, 3.8) is 0 Å². The van der Waals surface area contributed by atoms with Crippen LogP contribution in [-0.2, 0) is 19.7 Å². The molecule has 0 saturated heterocycles. The van der Waals surface area contributed by atoms with Crippen molar-refractivity contribution in [3.8, 4) is 0 Å². The lowest BCUT2D eigenvalue weighted by atomic mass is 10.2. The van der Waals surface area contributed by atoms with Crippen molar-refractivity contribution in [1.29, 1.82) is 0 Å². The van der Waals surface area contributed by atoms with Gasteiger partial charge in [-0.2, -0.15) is 0 Å². The Bertz CT molecular complexity index is 1110. The van der Waals surface area contributed by atoms with Gasteiger partial charge in [0.1, 0.15) is 0 Å². The van der Waals surface area contributed by atoms with Gasteiger partial charge < -0.3 is 0 Å². The summed E-state index contributed by atoms with van der Waals surface area (Å²) in [5.41, 5.74) is 3.42. The van der Waals surface area contributed by atoms with Gasteiger partial charge in [-0.05, 0) is 98.5 Å². The minimum absolute atomic E-state index is 0.0665. The highest BCUT2D eigenvalue weighted by Gasteiger charge is 2.22. The number of sulfone groups is 2. The van der Waals surface area contributed by atoms with Gasteiger partial charge >= 0.3 is 0 Å². The fourth-order valence-electron chi connectivity index (χ4n) is 3.25. The molecule has 0 radical (unpaired) electrons. The maximum absolute atomic E-state index is 12.9. The van der Waals surface area contributed by atoms with E-state index in [-0.39, 0.29) is 19.6 Å². The minimum Gasteiger partial charge on any atom is -0.219 e. The Kier molecular flexibility index (Phi) is 5.21. The first-order valence-electron chi connectivity index (χ1n) is 8.77. The van der Waals surface area contributed by atoms with Gasteiger partial charge in [0.15, 0.2) is 0 Å². The monoisotopic (exact) mass is 414 g/mol. The molecule has 0 fully saturated rings. The van der Waals surface area contributed by atoms with E-state index in [2.05, 4.69) is 0 Å². The predicted molar refractivity (Wildman–Crippen MR) is 109 cm³/mol. The molecule has 0 heterocycles. The van der Waals surface area contributed by atoms with Gasteiger partial charge in [-0.3, -0.25) is 0 Å². The summed E-state index contributed by atoms with van der Waals surface area (Å²) < 4.78 is 51.6. The molecule has 3 rings (SSSR count). The first-order valence-corrected chi connectivity index (χ1v) is 11.7. The molecule has 28 heavy (non-hydrogen) atoms. The van der Waals surface area contributed by atoms with E-state index in [1.54, 1.807) is 24.3 Å². The zero-order valence-electron chi connectivity index (χ0n) is 16.2.